The fourth-order valence-corrected chi connectivity index (χ4v) is 11.4. The van der Waals surface area contributed by atoms with Crippen LogP contribution in [0, 0.1) is 0 Å². The second-order valence-electron chi connectivity index (χ2n) is 18.6. The number of rotatable bonds is 5. The quantitative estimate of drug-likeness (QED) is 0.172. The molecule has 8 heteroatoms. The molecule has 0 aliphatic heterocycles. The zero-order valence-corrected chi connectivity index (χ0v) is 38.4. The molecule has 16 aromatic rings. The van der Waals surface area contributed by atoms with E-state index in [2.05, 4.69) is 171 Å². The van der Waals surface area contributed by atoms with Crippen molar-refractivity contribution >= 4 is 98.7 Å². The molecule has 334 valence electrons. The first-order valence-electron chi connectivity index (χ1n) is 24.2. The number of imidazole rings is 1. The van der Waals surface area contributed by atoms with Gasteiger partial charge < -0.3 is 8.98 Å². The van der Waals surface area contributed by atoms with Crippen LogP contribution in [0.1, 0.15) is 0 Å². The summed E-state index contributed by atoms with van der Waals surface area (Å²) in [6.07, 6.45) is 0. The molecule has 0 unspecified atom stereocenters. The van der Waals surface area contributed by atoms with Gasteiger partial charge in [0, 0.05) is 65.5 Å². The van der Waals surface area contributed by atoms with E-state index in [1.807, 2.05) is 66.7 Å². The van der Waals surface area contributed by atoms with Gasteiger partial charge in [-0.2, -0.15) is 0 Å². The first-order valence-corrected chi connectivity index (χ1v) is 24.2. The molecule has 0 atom stereocenters. The lowest BCUT2D eigenvalue weighted by molar-refractivity contribution is 0.671. The second-order valence-corrected chi connectivity index (χ2v) is 18.6. The van der Waals surface area contributed by atoms with Crippen LogP contribution >= 0.6 is 0 Å². The van der Waals surface area contributed by atoms with Crippen molar-refractivity contribution < 1.29 is 4.42 Å². The summed E-state index contributed by atoms with van der Waals surface area (Å²) in [5.74, 6) is 2.66. The molecule has 0 fully saturated rings. The molecule has 8 nitrogen and oxygen atoms in total. The number of para-hydroxylation sites is 4. The van der Waals surface area contributed by atoms with Gasteiger partial charge in [-0.1, -0.05) is 158 Å². The summed E-state index contributed by atoms with van der Waals surface area (Å²) in [7, 11) is 0. The van der Waals surface area contributed by atoms with Crippen molar-refractivity contribution in [3.8, 4) is 51.0 Å². The van der Waals surface area contributed by atoms with Crippen LogP contribution in [0.2, 0.25) is 0 Å². The van der Waals surface area contributed by atoms with E-state index in [9.17, 15) is 0 Å². The summed E-state index contributed by atoms with van der Waals surface area (Å²) in [5, 5.41) is 9.25. The van der Waals surface area contributed by atoms with Crippen molar-refractivity contribution in [2.45, 2.75) is 0 Å². The third-order valence-electron chi connectivity index (χ3n) is 14.7. The standard InChI is InChI=1S/C64H37N7O/c1-3-14-39(15-4-1)61-66-62(40-16-5-2-6-17-40)68-63(67-61)42-29-35-56-52(37-42)65-64-70(56)54-24-11-8-18-44(54)47-21-13-22-48-51-36-41(28-34-55(51)71(64)58(47)48)38-26-30-43(31-27-38)69-53-23-10-7-19-45(53)49-32-33-50-46-20-9-12-25-57(46)72-60(50)59(49)69/h1-37H. The number of aromatic nitrogens is 7. The van der Waals surface area contributed by atoms with Gasteiger partial charge in [0.15, 0.2) is 23.1 Å². The highest BCUT2D eigenvalue weighted by Crippen LogP contribution is 2.42. The van der Waals surface area contributed by atoms with Gasteiger partial charge in [0.05, 0.1) is 38.6 Å². The first-order chi connectivity index (χ1) is 35.7. The van der Waals surface area contributed by atoms with E-state index in [-0.39, 0.29) is 0 Å². The molecular weight excluding hydrogens is 883 g/mol. The summed E-state index contributed by atoms with van der Waals surface area (Å²) in [5.41, 5.74) is 15.2. The average Bonchev–Trinajstić information content (AvgIpc) is 4.19. The normalized spacial score (nSPS) is 12.2. The number of fused-ring (bicyclic) bond motifs is 17. The van der Waals surface area contributed by atoms with Crippen LogP contribution in [0.25, 0.3) is 150 Å². The van der Waals surface area contributed by atoms with Crippen molar-refractivity contribution in [1.82, 2.24) is 33.3 Å². The molecule has 0 saturated heterocycles. The number of benzene rings is 10. The van der Waals surface area contributed by atoms with E-state index in [4.69, 9.17) is 24.4 Å². The molecule has 6 heterocycles. The molecule has 0 N–H and O–H groups in total. The van der Waals surface area contributed by atoms with Crippen molar-refractivity contribution in [2.24, 2.45) is 0 Å². The molecule has 6 aromatic heterocycles. The second kappa shape index (κ2) is 14.8. The maximum absolute atomic E-state index is 6.64. The molecule has 10 aromatic carbocycles. The predicted molar refractivity (Wildman–Crippen MR) is 293 cm³/mol. The van der Waals surface area contributed by atoms with Crippen LogP contribution in [-0.4, -0.2) is 33.3 Å². The summed E-state index contributed by atoms with van der Waals surface area (Å²) in [6, 6.07) is 79.1. The lowest BCUT2D eigenvalue weighted by atomic mass is 10.0. The molecular formula is C64H37N7O. The molecule has 0 saturated carbocycles. The van der Waals surface area contributed by atoms with Crippen LogP contribution in [0.4, 0.5) is 0 Å². The highest BCUT2D eigenvalue weighted by Gasteiger charge is 2.22. The van der Waals surface area contributed by atoms with E-state index in [1.54, 1.807) is 0 Å². The number of hydrogen-bond acceptors (Lipinski definition) is 5. The van der Waals surface area contributed by atoms with Crippen molar-refractivity contribution in [3.63, 3.8) is 0 Å². The van der Waals surface area contributed by atoms with E-state index in [0.717, 1.165) is 116 Å². The minimum atomic E-state index is 0.589. The lowest BCUT2D eigenvalue weighted by Gasteiger charge is -2.10. The van der Waals surface area contributed by atoms with Crippen LogP contribution < -0.4 is 0 Å². The fourth-order valence-electron chi connectivity index (χ4n) is 11.4. The Kier molecular flexibility index (Phi) is 8.01. The predicted octanol–water partition coefficient (Wildman–Crippen LogP) is 16.0. The van der Waals surface area contributed by atoms with Crippen LogP contribution in [0.15, 0.2) is 229 Å². The SMILES string of the molecule is c1ccc(-c2nc(-c3ccccc3)nc(-c3ccc4c(c3)nc3n4c4ccccc4c4cccc5c6cc(-c7ccc(-n8c9ccccc9c9ccc%10c%11ccccc%11oc%10c98)cc7)ccc6n3c45)n2)cc1. The van der Waals surface area contributed by atoms with Gasteiger partial charge in [-0.3, -0.25) is 8.80 Å². The fraction of sp³-hybridized carbons (Fsp3) is 0. The minimum absolute atomic E-state index is 0.589. The zero-order valence-electron chi connectivity index (χ0n) is 38.4. The molecule has 72 heavy (non-hydrogen) atoms. The summed E-state index contributed by atoms with van der Waals surface area (Å²) in [6.45, 7) is 0. The summed E-state index contributed by atoms with van der Waals surface area (Å²) in [4.78, 5) is 20.6. The third kappa shape index (κ3) is 5.57. The van der Waals surface area contributed by atoms with Gasteiger partial charge in [0.25, 0.3) is 0 Å². The van der Waals surface area contributed by atoms with Gasteiger partial charge >= 0.3 is 0 Å². The Morgan fingerprint density at radius 1 is 0.306 bits per heavy atom. The van der Waals surface area contributed by atoms with Crippen LogP contribution in [0.5, 0.6) is 0 Å². The third-order valence-corrected chi connectivity index (χ3v) is 14.7. The van der Waals surface area contributed by atoms with Crippen molar-refractivity contribution in [3.05, 3.63) is 224 Å². The Morgan fingerprint density at radius 3 is 1.60 bits per heavy atom. The Balaban J connectivity index is 0.875. The molecule has 0 radical (unpaired) electrons. The largest absolute Gasteiger partial charge is 0.454 e. The maximum atomic E-state index is 6.64. The number of hydrogen-bond donors (Lipinski definition) is 0. The molecule has 16 rings (SSSR count). The van der Waals surface area contributed by atoms with E-state index < -0.39 is 0 Å². The van der Waals surface area contributed by atoms with Gasteiger partial charge in [-0.15, -0.1) is 0 Å². The van der Waals surface area contributed by atoms with Crippen LogP contribution in [-0.2, 0) is 0 Å². The smallest absolute Gasteiger partial charge is 0.220 e. The van der Waals surface area contributed by atoms with Gasteiger partial charge in [-0.25, -0.2) is 19.9 Å². The zero-order chi connectivity index (χ0) is 47.0. The van der Waals surface area contributed by atoms with Crippen LogP contribution in [0.3, 0.4) is 0 Å². The van der Waals surface area contributed by atoms with E-state index in [0.29, 0.717) is 17.5 Å². The highest BCUT2D eigenvalue weighted by molar-refractivity contribution is 6.22. The average molecular weight is 920 g/mol. The molecule has 0 bridgehead atoms. The van der Waals surface area contributed by atoms with Gasteiger partial charge in [-0.05, 0) is 77.9 Å². The summed E-state index contributed by atoms with van der Waals surface area (Å²) >= 11 is 0. The Hall–Kier alpha value is -9.92. The molecule has 0 amide bonds. The minimum Gasteiger partial charge on any atom is -0.454 e. The number of nitrogens with zero attached hydrogens (tertiary/aromatic N) is 7. The molecule has 0 spiro atoms. The maximum Gasteiger partial charge on any atom is 0.220 e. The summed E-state index contributed by atoms with van der Waals surface area (Å²) < 4.78 is 13.7. The van der Waals surface area contributed by atoms with Crippen molar-refractivity contribution in [1.29, 1.82) is 0 Å². The topological polar surface area (TPSA) is 78.5 Å². The Labute approximate surface area is 409 Å². The Morgan fingerprint density at radius 2 is 0.847 bits per heavy atom. The number of furan rings is 1. The van der Waals surface area contributed by atoms with Gasteiger partial charge in [0.1, 0.15) is 5.58 Å². The molecule has 0 aliphatic carbocycles. The van der Waals surface area contributed by atoms with E-state index in [1.165, 1.54) is 16.2 Å². The highest BCUT2D eigenvalue weighted by atomic mass is 16.3. The molecule has 0 aliphatic rings. The first kappa shape index (κ1) is 39.0. The van der Waals surface area contributed by atoms with Gasteiger partial charge in [0.2, 0.25) is 5.78 Å². The monoisotopic (exact) mass is 919 g/mol. The lowest BCUT2D eigenvalue weighted by Crippen LogP contribution is -2.00. The van der Waals surface area contributed by atoms with Crippen molar-refractivity contribution in [2.75, 3.05) is 0 Å². The van der Waals surface area contributed by atoms with E-state index >= 15 is 0 Å². The Bertz CT molecular complexity index is 4850.